The Morgan fingerprint density at radius 3 is 2.48 bits per heavy atom. The molecule has 0 bridgehead atoms. The predicted octanol–water partition coefficient (Wildman–Crippen LogP) is 3.34. The minimum Gasteiger partial charge on any atom is -0.466 e. The first-order valence-electron chi connectivity index (χ1n) is 7.45. The topological polar surface area (TPSA) is 63.7 Å². The molecule has 1 atom stereocenters. The van der Waals surface area contributed by atoms with Gasteiger partial charge in [0.15, 0.2) is 0 Å². The molecule has 126 valence electrons. The van der Waals surface area contributed by atoms with Crippen molar-refractivity contribution in [3.63, 3.8) is 0 Å². The molecule has 3 rings (SSSR count). The number of amides is 1. The van der Waals surface area contributed by atoms with Gasteiger partial charge in [-0.15, -0.1) is 0 Å². The molecule has 1 aliphatic rings. The average molecular weight is 356 g/mol. The molecule has 25 heavy (non-hydrogen) atoms. The van der Waals surface area contributed by atoms with E-state index in [4.69, 9.17) is 16.3 Å². The van der Waals surface area contributed by atoms with Crippen LogP contribution >= 0.6 is 11.6 Å². The minimum absolute atomic E-state index is 0.0441. The van der Waals surface area contributed by atoms with Crippen LogP contribution in [0.3, 0.4) is 0 Å². The summed E-state index contributed by atoms with van der Waals surface area (Å²) in [6.45, 7) is 3.79. The van der Waals surface area contributed by atoms with Crippen LogP contribution in [0.2, 0.25) is 5.02 Å². The molecule has 0 aromatic heterocycles. The number of fused-ring (bicyclic) bond motifs is 1. The van der Waals surface area contributed by atoms with Gasteiger partial charge in [0.1, 0.15) is 0 Å². The molecule has 0 unspecified atom stereocenters. The molecule has 6 heteroatoms. The van der Waals surface area contributed by atoms with Crippen LogP contribution in [0.5, 0.6) is 0 Å². The highest BCUT2D eigenvalue weighted by atomic mass is 35.5. The van der Waals surface area contributed by atoms with Crippen molar-refractivity contribution in [2.75, 3.05) is 12.0 Å². The molecule has 0 saturated carbocycles. The molecule has 0 N–H and O–H groups in total. The van der Waals surface area contributed by atoms with E-state index in [1.165, 1.54) is 24.1 Å². The third-order valence-electron chi connectivity index (χ3n) is 4.03. The zero-order valence-corrected chi connectivity index (χ0v) is 14.1. The summed E-state index contributed by atoms with van der Waals surface area (Å²) in [7, 11) is 1.23. The number of ketones is 1. The van der Waals surface area contributed by atoms with Crippen molar-refractivity contribution in [2.24, 2.45) is 0 Å². The summed E-state index contributed by atoms with van der Waals surface area (Å²) in [5.74, 6) is -2.05. The van der Waals surface area contributed by atoms with Crippen LogP contribution in [0.25, 0.3) is 0 Å². The maximum Gasteiger partial charge on any atom is 0.335 e. The molecule has 5 nitrogen and oxygen atoms in total. The Morgan fingerprint density at radius 1 is 1.16 bits per heavy atom. The second kappa shape index (κ2) is 6.53. The maximum atomic E-state index is 12.6. The van der Waals surface area contributed by atoms with E-state index in [0.717, 1.165) is 0 Å². The van der Waals surface area contributed by atoms with Gasteiger partial charge in [-0.3, -0.25) is 14.5 Å². The number of carbonyl (C=O) groups is 3. The number of Topliss-reactive ketones (excluding diaryl/α,β-unsaturated/α-hetero) is 1. The lowest BCUT2D eigenvalue weighted by Gasteiger charge is -2.29. The summed E-state index contributed by atoms with van der Waals surface area (Å²) in [6.07, 6.45) is 0. The van der Waals surface area contributed by atoms with Crippen LogP contribution in [0.4, 0.5) is 5.69 Å². The molecule has 0 saturated heterocycles. The number of halogens is 1. The van der Waals surface area contributed by atoms with Gasteiger partial charge in [0, 0.05) is 5.02 Å². The zero-order chi connectivity index (χ0) is 18.1. The first-order valence-corrected chi connectivity index (χ1v) is 7.83. The van der Waals surface area contributed by atoms with Gasteiger partial charge < -0.3 is 4.74 Å². The molecular formula is C19H14ClNO4. The van der Waals surface area contributed by atoms with Crippen molar-refractivity contribution < 1.29 is 19.1 Å². The highest BCUT2D eigenvalue weighted by Crippen LogP contribution is 2.40. The van der Waals surface area contributed by atoms with Crippen molar-refractivity contribution >= 4 is 34.9 Å². The predicted molar refractivity (Wildman–Crippen MR) is 93.6 cm³/mol. The van der Waals surface area contributed by atoms with E-state index in [-0.39, 0.29) is 11.1 Å². The van der Waals surface area contributed by atoms with Gasteiger partial charge >= 0.3 is 5.97 Å². The number of nitrogens with zero attached hydrogens (tertiary/aromatic N) is 1. The van der Waals surface area contributed by atoms with E-state index >= 15 is 0 Å². The largest absolute Gasteiger partial charge is 0.466 e. The number of benzene rings is 2. The first kappa shape index (κ1) is 16.9. The molecule has 0 spiro atoms. The fraction of sp³-hybridized carbons (Fsp3) is 0.105. The molecule has 2 aromatic rings. The van der Waals surface area contributed by atoms with Crippen LogP contribution in [-0.2, 0) is 14.3 Å². The molecule has 1 heterocycles. The molecule has 1 amide bonds. The second-order valence-corrected chi connectivity index (χ2v) is 5.93. The Morgan fingerprint density at radius 2 is 1.84 bits per heavy atom. The van der Waals surface area contributed by atoms with Crippen molar-refractivity contribution in [2.45, 2.75) is 6.04 Å². The standard InChI is InChI=1S/C19H14ClNO4/c1-11(19(24)25-2)16(12-6-4-3-5-7-12)21-15-10-13(20)8-9-14(15)17(22)18(21)23/h3-10,16H,1H2,2H3/t16-/m1/s1. The van der Waals surface area contributed by atoms with Crippen molar-refractivity contribution in [1.82, 2.24) is 0 Å². The summed E-state index contributed by atoms with van der Waals surface area (Å²) >= 11 is 6.04. The summed E-state index contributed by atoms with van der Waals surface area (Å²) in [5, 5.41) is 0.377. The van der Waals surface area contributed by atoms with Gasteiger partial charge in [-0.1, -0.05) is 48.5 Å². The molecule has 0 radical (unpaired) electrons. The number of esters is 1. The van der Waals surface area contributed by atoms with Gasteiger partial charge in [-0.25, -0.2) is 4.79 Å². The van der Waals surface area contributed by atoms with Gasteiger partial charge in [-0.2, -0.15) is 0 Å². The van der Waals surface area contributed by atoms with E-state index in [1.54, 1.807) is 30.3 Å². The highest BCUT2D eigenvalue weighted by Gasteiger charge is 2.42. The van der Waals surface area contributed by atoms with Crippen molar-refractivity contribution in [3.05, 3.63) is 76.8 Å². The molecule has 1 aliphatic heterocycles. The van der Waals surface area contributed by atoms with Crippen molar-refractivity contribution in [3.8, 4) is 0 Å². The summed E-state index contributed by atoms with van der Waals surface area (Å²) < 4.78 is 4.76. The zero-order valence-electron chi connectivity index (χ0n) is 13.4. The number of hydrogen-bond acceptors (Lipinski definition) is 4. The number of rotatable bonds is 4. The normalized spacial score (nSPS) is 14.2. The van der Waals surface area contributed by atoms with Gasteiger partial charge in [0.2, 0.25) is 0 Å². The number of hydrogen-bond donors (Lipinski definition) is 0. The van der Waals surface area contributed by atoms with Crippen LogP contribution in [0.1, 0.15) is 22.0 Å². The van der Waals surface area contributed by atoms with Crippen LogP contribution < -0.4 is 4.90 Å². The Labute approximate surface area is 149 Å². The van der Waals surface area contributed by atoms with Crippen LogP contribution in [0.15, 0.2) is 60.7 Å². The average Bonchev–Trinajstić information content (AvgIpc) is 2.86. The van der Waals surface area contributed by atoms with Gasteiger partial charge in [0.05, 0.1) is 30.0 Å². The van der Waals surface area contributed by atoms with Crippen LogP contribution in [0, 0.1) is 0 Å². The Kier molecular flexibility index (Phi) is 4.42. The lowest BCUT2D eigenvalue weighted by Crippen LogP contribution is -2.36. The third kappa shape index (κ3) is 2.83. The van der Waals surface area contributed by atoms with Crippen LogP contribution in [-0.4, -0.2) is 24.8 Å². The number of carbonyl (C=O) groups excluding carboxylic acids is 3. The number of anilines is 1. The van der Waals surface area contributed by atoms with E-state index in [1.807, 2.05) is 6.07 Å². The summed E-state index contributed by atoms with van der Waals surface area (Å²) in [4.78, 5) is 38.3. The van der Waals surface area contributed by atoms with Crippen molar-refractivity contribution in [1.29, 1.82) is 0 Å². The Balaban J connectivity index is 2.19. The lowest BCUT2D eigenvalue weighted by atomic mass is 9.98. The SMILES string of the molecule is C=C(C(=O)OC)[C@H](c1ccccc1)N1C(=O)C(=O)c2ccc(Cl)cc21. The number of ether oxygens (including phenoxy) is 1. The number of methoxy groups -OCH3 is 1. The second-order valence-electron chi connectivity index (χ2n) is 5.50. The molecule has 2 aromatic carbocycles. The Hall–Kier alpha value is -2.92. The van der Waals surface area contributed by atoms with E-state index in [0.29, 0.717) is 16.3 Å². The fourth-order valence-electron chi connectivity index (χ4n) is 2.87. The van der Waals surface area contributed by atoms with E-state index < -0.39 is 23.7 Å². The summed E-state index contributed by atoms with van der Waals surface area (Å²) in [6, 6.07) is 12.6. The fourth-order valence-corrected chi connectivity index (χ4v) is 3.04. The molecule has 0 fully saturated rings. The smallest absolute Gasteiger partial charge is 0.335 e. The highest BCUT2D eigenvalue weighted by molar-refractivity contribution is 6.52. The maximum absolute atomic E-state index is 12.6. The quantitative estimate of drug-likeness (QED) is 0.479. The lowest BCUT2D eigenvalue weighted by molar-refractivity contribution is -0.136. The third-order valence-corrected chi connectivity index (χ3v) is 4.26. The van der Waals surface area contributed by atoms with Gasteiger partial charge in [-0.05, 0) is 23.8 Å². The van der Waals surface area contributed by atoms with E-state index in [2.05, 4.69) is 6.58 Å². The molecule has 0 aliphatic carbocycles. The molecular weight excluding hydrogens is 342 g/mol. The minimum atomic E-state index is -0.871. The first-order chi connectivity index (χ1) is 12.0. The van der Waals surface area contributed by atoms with E-state index in [9.17, 15) is 14.4 Å². The monoisotopic (exact) mass is 355 g/mol. The Bertz CT molecular complexity index is 892. The summed E-state index contributed by atoms with van der Waals surface area (Å²) in [5.41, 5.74) is 1.27. The van der Waals surface area contributed by atoms with Gasteiger partial charge in [0.25, 0.3) is 11.7 Å².